The average Bonchev–Trinajstić information content (AvgIpc) is 3.29. The van der Waals surface area contributed by atoms with Crippen LogP contribution in [0.1, 0.15) is 38.1 Å². The Morgan fingerprint density at radius 1 is 1.33 bits per heavy atom. The van der Waals surface area contributed by atoms with Gasteiger partial charge in [0.05, 0.1) is 6.54 Å². The number of benzene rings is 1. The van der Waals surface area contributed by atoms with Gasteiger partial charge in [0, 0.05) is 37.9 Å². The van der Waals surface area contributed by atoms with Crippen LogP contribution in [0.3, 0.4) is 0 Å². The second-order valence-corrected chi connectivity index (χ2v) is 7.46. The van der Waals surface area contributed by atoms with Crippen LogP contribution in [0.4, 0.5) is 4.39 Å². The second kappa shape index (κ2) is 9.52. The minimum absolute atomic E-state index is 0. The molecule has 0 radical (unpaired) electrons. The summed E-state index contributed by atoms with van der Waals surface area (Å²) in [4.78, 5) is 8.73. The first-order valence-electron chi connectivity index (χ1n) is 9.23. The van der Waals surface area contributed by atoms with Gasteiger partial charge in [-0.05, 0) is 36.5 Å². The standard InChI is InChI=1S/C20H28FN5.HI/c1-15(2)13-26-10-9-23-18(26)12-24-19(22-3)25-14-20(7-8-20)16-5-4-6-17(21)11-16;/h4-6,9-11,15H,7-8,12-14H2,1-3H3,(H2,22,24,25);1H. The largest absolute Gasteiger partial charge is 0.356 e. The van der Waals surface area contributed by atoms with Crippen LogP contribution in [0.5, 0.6) is 0 Å². The van der Waals surface area contributed by atoms with E-state index in [0.29, 0.717) is 12.5 Å². The van der Waals surface area contributed by atoms with E-state index >= 15 is 0 Å². The van der Waals surface area contributed by atoms with Crippen LogP contribution in [0.2, 0.25) is 0 Å². The van der Waals surface area contributed by atoms with Gasteiger partial charge in [-0.15, -0.1) is 24.0 Å². The maximum absolute atomic E-state index is 13.5. The van der Waals surface area contributed by atoms with Gasteiger partial charge in [0.15, 0.2) is 5.96 Å². The van der Waals surface area contributed by atoms with E-state index in [1.54, 1.807) is 19.2 Å². The topological polar surface area (TPSA) is 54.2 Å². The van der Waals surface area contributed by atoms with Crippen molar-refractivity contribution in [3.8, 4) is 0 Å². The van der Waals surface area contributed by atoms with Gasteiger partial charge in [0.1, 0.15) is 11.6 Å². The fourth-order valence-corrected chi connectivity index (χ4v) is 3.24. The maximum atomic E-state index is 13.5. The highest BCUT2D eigenvalue weighted by molar-refractivity contribution is 14.0. The van der Waals surface area contributed by atoms with Gasteiger partial charge in [-0.3, -0.25) is 4.99 Å². The number of nitrogens with zero attached hydrogens (tertiary/aromatic N) is 3. The van der Waals surface area contributed by atoms with Crippen LogP contribution in [-0.2, 0) is 18.5 Å². The molecule has 148 valence electrons. The summed E-state index contributed by atoms with van der Waals surface area (Å²) in [7, 11) is 1.76. The van der Waals surface area contributed by atoms with Gasteiger partial charge in [0.25, 0.3) is 0 Å². The molecule has 2 N–H and O–H groups in total. The van der Waals surface area contributed by atoms with Crippen LogP contribution >= 0.6 is 24.0 Å². The number of hydrogen-bond donors (Lipinski definition) is 2. The van der Waals surface area contributed by atoms with E-state index in [9.17, 15) is 4.39 Å². The average molecular weight is 485 g/mol. The van der Waals surface area contributed by atoms with Crippen molar-refractivity contribution in [3.05, 3.63) is 53.9 Å². The first-order valence-corrected chi connectivity index (χ1v) is 9.23. The van der Waals surface area contributed by atoms with Crippen LogP contribution in [0, 0.1) is 11.7 Å². The predicted molar refractivity (Wildman–Crippen MR) is 118 cm³/mol. The molecule has 1 aromatic carbocycles. The third kappa shape index (κ3) is 5.67. The Morgan fingerprint density at radius 3 is 2.74 bits per heavy atom. The normalized spacial score (nSPS) is 15.4. The molecule has 0 atom stereocenters. The van der Waals surface area contributed by atoms with Crippen LogP contribution < -0.4 is 10.6 Å². The quantitative estimate of drug-likeness (QED) is 0.358. The molecule has 1 heterocycles. The molecule has 0 aliphatic heterocycles. The Labute approximate surface area is 177 Å². The maximum Gasteiger partial charge on any atom is 0.191 e. The second-order valence-electron chi connectivity index (χ2n) is 7.46. The summed E-state index contributed by atoms with van der Waals surface area (Å²) in [5.74, 6) is 2.13. The van der Waals surface area contributed by atoms with E-state index in [2.05, 4.69) is 39.0 Å². The zero-order valence-corrected chi connectivity index (χ0v) is 18.5. The van der Waals surface area contributed by atoms with Crippen molar-refractivity contribution >= 4 is 29.9 Å². The highest BCUT2D eigenvalue weighted by Crippen LogP contribution is 2.47. The molecule has 0 amide bonds. The highest BCUT2D eigenvalue weighted by atomic mass is 127. The fourth-order valence-electron chi connectivity index (χ4n) is 3.24. The molecule has 0 spiro atoms. The number of rotatable bonds is 7. The third-order valence-electron chi connectivity index (χ3n) is 4.89. The molecule has 27 heavy (non-hydrogen) atoms. The number of aliphatic imine (C=N–C) groups is 1. The van der Waals surface area contributed by atoms with Gasteiger partial charge in [-0.25, -0.2) is 9.37 Å². The van der Waals surface area contributed by atoms with E-state index in [1.165, 1.54) is 6.07 Å². The summed E-state index contributed by atoms with van der Waals surface area (Å²) in [5.41, 5.74) is 1.09. The molecule has 1 aromatic heterocycles. The van der Waals surface area contributed by atoms with Gasteiger partial charge >= 0.3 is 0 Å². The molecule has 0 unspecified atom stereocenters. The Balaban J connectivity index is 0.00000261. The molecular weight excluding hydrogens is 456 g/mol. The molecule has 1 saturated carbocycles. The van der Waals surface area contributed by atoms with Crippen molar-refractivity contribution in [2.24, 2.45) is 10.9 Å². The fraction of sp³-hybridized carbons (Fsp3) is 0.500. The SMILES string of the molecule is CN=C(NCc1nccn1CC(C)C)NCC1(c2cccc(F)c2)CC1.I. The number of hydrogen-bond acceptors (Lipinski definition) is 2. The first kappa shape index (κ1) is 21.7. The highest BCUT2D eigenvalue weighted by Gasteiger charge is 2.44. The summed E-state index contributed by atoms with van der Waals surface area (Å²) < 4.78 is 15.7. The summed E-state index contributed by atoms with van der Waals surface area (Å²) >= 11 is 0. The zero-order valence-electron chi connectivity index (χ0n) is 16.2. The Kier molecular flexibility index (Phi) is 7.64. The monoisotopic (exact) mass is 485 g/mol. The molecule has 3 rings (SSSR count). The van der Waals surface area contributed by atoms with Gasteiger partial charge in [0.2, 0.25) is 0 Å². The molecule has 1 aliphatic carbocycles. The van der Waals surface area contributed by atoms with Crippen molar-refractivity contribution in [1.82, 2.24) is 20.2 Å². The van der Waals surface area contributed by atoms with Crippen molar-refractivity contribution in [3.63, 3.8) is 0 Å². The zero-order chi connectivity index (χ0) is 18.6. The first-order chi connectivity index (χ1) is 12.5. The van der Waals surface area contributed by atoms with Crippen molar-refractivity contribution in [2.45, 2.75) is 45.2 Å². The summed E-state index contributed by atoms with van der Waals surface area (Å²) in [6.45, 7) is 6.70. The Bertz CT molecular complexity index is 767. The van der Waals surface area contributed by atoms with E-state index < -0.39 is 0 Å². The number of nitrogens with one attached hydrogen (secondary N) is 2. The molecule has 2 aromatic rings. The number of aromatic nitrogens is 2. The molecule has 7 heteroatoms. The number of guanidine groups is 1. The van der Waals surface area contributed by atoms with Crippen LogP contribution in [0.15, 0.2) is 41.7 Å². The van der Waals surface area contributed by atoms with E-state index in [0.717, 1.165) is 43.3 Å². The minimum atomic E-state index is -0.173. The van der Waals surface area contributed by atoms with E-state index in [1.807, 2.05) is 18.5 Å². The summed E-state index contributed by atoms with van der Waals surface area (Å²) in [6, 6.07) is 6.93. The lowest BCUT2D eigenvalue weighted by molar-refractivity contribution is 0.503. The smallest absolute Gasteiger partial charge is 0.191 e. The lowest BCUT2D eigenvalue weighted by Gasteiger charge is -2.19. The number of halogens is 2. The Morgan fingerprint density at radius 2 is 2.11 bits per heavy atom. The van der Waals surface area contributed by atoms with Gasteiger partial charge < -0.3 is 15.2 Å². The van der Waals surface area contributed by atoms with Crippen molar-refractivity contribution in [1.29, 1.82) is 0 Å². The van der Waals surface area contributed by atoms with Gasteiger partial charge in [-0.1, -0.05) is 26.0 Å². The molecular formula is C20H29FIN5. The summed E-state index contributed by atoms with van der Waals surface area (Å²) in [6.07, 6.45) is 5.98. The minimum Gasteiger partial charge on any atom is -0.356 e. The molecule has 0 saturated heterocycles. The molecule has 5 nitrogen and oxygen atoms in total. The number of imidazole rings is 1. The van der Waals surface area contributed by atoms with Crippen LogP contribution in [-0.4, -0.2) is 29.1 Å². The molecule has 0 bridgehead atoms. The van der Waals surface area contributed by atoms with Crippen molar-refractivity contribution < 1.29 is 4.39 Å². The van der Waals surface area contributed by atoms with E-state index in [-0.39, 0.29) is 35.2 Å². The predicted octanol–water partition coefficient (Wildman–Crippen LogP) is 3.69. The van der Waals surface area contributed by atoms with E-state index in [4.69, 9.17) is 0 Å². The van der Waals surface area contributed by atoms with Crippen LogP contribution in [0.25, 0.3) is 0 Å². The lowest BCUT2D eigenvalue weighted by Crippen LogP contribution is -2.41. The Hall–Kier alpha value is -1.64. The molecule has 1 fully saturated rings. The van der Waals surface area contributed by atoms with Crippen molar-refractivity contribution in [2.75, 3.05) is 13.6 Å². The third-order valence-corrected chi connectivity index (χ3v) is 4.89. The molecule has 1 aliphatic rings. The lowest BCUT2D eigenvalue weighted by atomic mass is 9.96. The van der Waals surface area contributed by atoms with Gasteiger partial charge in [-0.2, -0.15) is 0 Å². The summed E-state index contributed by atoms with van der Waals surface area (Å²) in [5, 5.41) is 6.72.